The molecule has 0 amide bonds. The average Bonchev–Trinajstić information content (AvgIpc) is 2.07. The van der Waals surface area contributed by atoms with E-state index in [1.54, 1.807) is 0 Å². The van der Waals surface area contributed by atoms with Gasteiger partial charge in [0.1, 0.15) is 5.75 Å². The molecule has 0 bridgehead atoms. The Bertz CT molecular complexity index is 358. The van der Waals surface area contributed by atoms with Crippen LogP contribution in [0.3, 0.4) is 0 Å². The van der Waals surface area contributed by atoms with Crippen LogP contribution in [0.2, 0.25) is 5.02 Å². The lowest BCUT2D eigenvalue weighted by Gasteiger charge is -2.05. The Kier molecular flexibility index (Phi) is 3.29. The van der Waals surface area contributed by atoms with Crippen LogP contribution in [0.4, 0.5) is 5.69 Å². The van der Waals surface area contributed by atoms with Crippen LogP contribution < -0.4 is 4.65 Å². The molecule has 74 valence electrons. The minimum atomic E-state index is -2.06. The van der Waals surface area contributed by atoms with Gasteiger partial charge in [-0.1, -0.05) is 11.6 Å². The van der Waals surface area contributed by atoms with Crippen LogP contribution in [-0.2, 0) is 0 Å². The molecule has 0 saturated heterocycles. The lowest BCUT2D eigenvalue weighted by atomic mass is 10.2. The maximum Gasteiger partial charge on any atom is 0.707 e. The van der Waals surface area contributed by atoms with Gasteiger partial charge >= 0.3 is 7.32 Å². The molecule has 1 rings (SSSR count). The number of hydrogen-bond donors (Lipinski definition) is 2. The van der Waals surface area contributed by atoms with Gasteiger partial charge in [0, 0.05) is 6.07 Å². The first-order chi connectivity index (χ1) is 6.50. The molecular weight excluding hydrogens is 212 g/mol. The molecule has 0 saturated carbocycles. The van der Waals surface area contributed by atoms with Crippen molar-refractivity contribution in [3.05, 3.63) is 33.3 Å². The van der Waals surface area contributed by atoms with Crippen LogP contribution in [-0.4, -0.2) is 22.3 Å². The normalized spacial score (nSPS) is 9.64. The standard InChI is InChI=1S/C6H5BClNO5/c8-5-2-1-4(9(12)13)3-6(5)14-7(10)11/h1-3,10-11H. The van der Waals surface area contributed by atoms with E-state index < -0.39 is 12.2 Å². The summed E-state index contributed by atoms with van der Waals surface area (Å²) < 4.78 is 4.41. The number of hydrogen-bond acceptors (Lipinski definition) is 5. The lowest BCUT2D eigenvalue weighted by molar-refractivity contribution is -0.384. The molecule has 1 aromatic carbocycles. The number of halogens is 1. The van der Waals surface area contributed by atoms with Gasteiger partial charge in [0.2, 0.25) is 0 Å². The molecule has 14 heavy (non-hydrogen) atoms. The van der Waals surface area contributed by atoms with Gasteiger partial charge in [0.25, 0.3) is 5.69 Å². The quantitative estimate of drug-likeness (QED) is 0.439. The summed E-state index contributed by atoms with van der Waals surface area (Å²) in [5, 5.41) is 27.3. The fraction of sp³-hybridized carbons (Fsp3) is 0. The summed E-state index contributed by atoms with van der Waals surface area (Å²) in [6.45, 7) is 0. The third-order valence-corrected chi connectivity index (χ3v) is 1.67. The summed E-state index contributed by atoms with van der Waals surface area (Å²) in [6, 6.07) is 3.41. The van der Waals surface area contributed by atoms with Gasteiger partial charge in [-0.3, -0.25) is 10.1 Å². The lowest BCUT2D eigenvalue weighted by Crippen LogP contribution is -2.20. The molecule has 2 N–H and O–H groups in total. The minimum Gasteiger partial charge on any atom is -0.510 e. The first-order valence-electron chi connectivity index (χ1n) is 3.47. The molecule has 0 unspecified atom stereocenters. The SMILES string of the molecule is O=[N+]([O-])c1ccc(Cl)c(OB(O)O)c1. The second-order valence-electron chi connectivity index (χ2n) is 2.32. The van der Waals surface area contributed by atoms with Gasteiger partial charge in [-0.15, -0.1) is 0 Å². The van der Waals surface area contributed by atoms with E-state index in [2.05, 4.69) is 4.65 Å². The Hall–Kier alpha value is -1.31. The maximum atomic E-state index is 10.3. The summed E-state index contributed by atoms with van der Waals surface area (Å²) in [7, 11) is -2.06. The Morgan fingerprint density at radius 2 is 2.14 bits per heavy atom. The van der Waals surface area contributed by atoms with Gasteiger partial charge in [0.05, 0.1) is 16.0 Å². The topological polar surface area (TPSA) is 92.8 Å². The van der Waals surface area contributed by atoms with E-state index in [4.69, 9.17) is 21.6 Å². The van der Waals surface area contributed by atoms with Crippen LogP contribution in [0.15, 0.2) is 18.2 Å². The molecule has 0 spiro atoms. The third-order valence-electron chi connectivity index (χ3n) is 1.36. The highest BCUT2D eigenvalue weighted by atomic mass is 35.5. The molecule has 0 aromatic heterocycles. The second kappa shape index (κ2) is 4.27. The van der Waals surface area contributed by atoms with Crippen molar-refractivity contribution in [3.63, 3.8) is 0 Å². The van der Waals surface area contributed by atoms with Gasteiger partial charge in [-0.25, -0.2) is 0 Å². The fourth-order valence-corrected chi connectivity index (χ4v) is 0.972. The molecule has 0 heterocycles. The summed E-state index contributed by atoms with van der Waals surface area (Å²) in [4.78, 5) is 9.69. The molecule has 0 radical (unpaired) electrons. The first kappa shape index (κ1) is 10.8. The zero-order valence-electron chi connectivity index (χ0n) is 6.75. The number of non-ortho nitro benzene ring substituents is 1. The second-order valence-corrected chi connectivity index (χ2v) is 2.72. The number of nitro benzene ring substituents is 1. The van der Waals surface area contributed by atoms with Gasteiger partial charge in [-0.05, 0) is 6.07 Å². The zero-order valence-corrected chi connectivity index (χ0v) is 7.51. The Morgan fingerprint density at radius 3 is 2.64 bits per heavy atom. The van der Waals surface area contributed by atoms with Crippen LogP contribution in [0.1, 0.15) is 0 Å². The van der Waals surface area contributed by atoms with E-state index in [1.165, 1.54) is 12.1 Å². The molecule has 8 heteroatoms. The smallest absolute Gasteiger partial charge is 0.510 e. The molecule has 0 fully saturated rings. The average molecular weight is 217 g/mol. The highest BCUT2D eigenvalue weighted by molar-refractivity contribution is 6.36. The van der Waals surface area contributed by atoms with Crippen molar-refractivity contribution in [2.24, 2.45) is 0 Å². The van der Waals surface area contributed by atoms with Crippen molar-refractivity contribution in [1.29, 1.82) is 0 Å². The maximum absolute atomic E-state index is 10.3. The molecule has 0 atom stereocenters. The van der Waals surface area contributed by atoms with E-state index in [9.17, 15) is 10.1 Å². The van der Waals surface area contributed by atoms with Gasteiger partial charge in [0.15, 0.2) is 0 Å². The molecule has 1 aromatic rings. The Balaban J connectivity index is 3.02. The monoisotopic (exact) mass is 217 g/mol. The fourth-order valence-electron chi connectivity index (χ4n) is 0.809. The predicted octanol–water partition coefficient (Wildman–Crippen LogP) is 0.596. The van der Waals surface area contributed by atoms with Gasteiger partial charge in [-0.2, -0.15) is 0 Å². The Labute approximate surface area is 84.0 Å². The van der Waals surface area contributed by atoms with Gasteiger partial charge < -0.3 is 14.7 Å². The highest BCUT2D eigenvalue weighted by Crippen LogP contribution is 2.28. The summed E-state index contributed by atoms with van der Waals surface area (Å²) >= 11 is 5.58. The first-order valence-corrected chi connectivity index (χ1v) is 3.85. The van der Waals surface area contributed by atoms with Crippen molar-refractivity contribution in [3.8, 4) is 5.75 Å². The van der Waals surface area contributed by atoms with E-state index in [0.717, 1.165) is 6.07 Å². The number of nitrogens with zero attached hydrogens (tertiary/aromatic N) is 1. The van der Waals surface area contributed by atoms with Crippen LogP contribution >= 0.6 is 11.6 Å². The summed E-state index contributed by atoms with van der Waals surface area (Å²) in [5.41, 5.74) is -0.245. The van der Waals surface area contributed by atoms with E-state index in [0.29, 0.717) is 0 Å². The molecule has 0 aliphatic heterocycles. The van der Waals surface area contributed by atoms with E-state index >= 15 is 0 Å². The van der Waals surface area contributed by atoms with Crippen molar-refractivity contribution in [2.75, 3.05) is 0 Å². The zero-order chi connectivity index (χ0) is 10.7. The van der Waals surface area contributed by atoms with Crippen LogP contribution in [0.25, 0.3) is 0 Å². The molecule has 6 nitrogen and oxygen atoms in total. The van der Waals surface area contributed by atoms with Crippen LogP contribution in [0.5, 0.6) is 5.75 Å². The highest BCUT2D eigenvalue weighted by Gasteiger charge is 2.16. The van der Waals surface area contributed by atoms with Crippen molar-refractivity contribution >= 4 is 24.6 Å². The number of nitro groups is 1. The predicted molar refractivity (Wildman–Crippen MR) is 48.9 cm³/mol. The Morgan fingerprint density at radius 1 is 1.50 bits per heavy atom. The minimum absolute atomic E-state index is 0.0590. The summed E-state index contributed by atoms with van der Waals surface area (Å²) in [5.74, 6) is -0.157. The largest absolute Gasteiger partial charge is 0.707 e. The molecular formula is C6H5BClNO5. The van der Waals surface area contributed by atoms with E-state index in [1.807, 2.05) is 0 Å². The van der Waals surface area contributed by atoms with Crippen LogP contribution in [0, 0.1) is 10.1 Å². The van der Waals surface area contributed by atoms with E-state index in [-0.39, 0.29) is 16.5 Å². The van der Waals surface area contributed by atoms with Crippen molar-refractivity contribution < 1.29 is 19.6 Å². The molecule has 0 aliphatic rings. The number of rotatable bonds is 3. The third kappa shape index (κ3) is 2.59. The number of benzene rings is 1. The van der Waals surface area contributed by atoms with Crippen molar-refractivity contribution in [2.45, 2.75) is 0 Å². The van der Waals surface area contributed by atoms with Crippen molar-refractivity contribution in [1.82, 2.24) is 0 Å². The molecule has 0 aliphatic carbocycles. The summed E-state index contributed by atoms with van der Waals surface area (Å²) in [6.07, 6.45) is 0.